The minimum absolute atomic E-state index is 0.0302. The molecule has 0 heterocycles. The lowest BCUT2D eigenvalue weighted by Crippen LogP contribution is -2.11. The number of ether oxygens (including phenoxy) is 2. The second-order valence-corrected chi connectivity index (χ2v) is 4.03. The van der Waals surface area contributed by atoms with Crippen LogP contribution in [0.3, 0.4) is 0 Å². The van der Waals surface area contributed by atoms with Crippen molar-refractivity contribution in [2.45, 2.75) is 11.1 Å². The van der Waals surface area contributed by atoms with Crippen molar-refractivity contribution in [2.75, 3.05) is 20.5 Å². The molecular weight excluding hydrogens is 269 g/mol. The second-order valence-electron chi connectivity index (χ2n) is 3.22. The Morgan fingerprint density at radius 1 is 1.28 bits per heavy atom. The SMILES string of the molecule is COC(=O)c1ccc(C(F)(F)F)c(SC)c1OC. The van der Waals surface area contributed by atoms with Gasteiger partial charge in [0.2, 0.25) is 0 Å². The van der Waals surface area contributed by atoms with Gasteiger partial charge in [-0.15, -0.1) is 11.8 Å². The third kappa shape index (κ3) is 2.72. The Morgan fingerprint density at radius 3 is 2.28 bits per heavy atom. The number of hydrogen-bond donors (Lipinski definition) is 0. The molecule has 0 spiro atoms. The smallest absolute Gasteiger partial charge is 0.417 e. The molecule has 0 saturated heterocycles. The average molecular weight is 280 g/mol. The van der Waals surface area contributed by atoms with Crippen LogP contribution in [-0.4, -0.2) is 26.4 Å². The maximum absolute atomic E-state index is 12.8. The Balaban J connectivity index is 3.51. The highest BCUT2D eigenvalue weighted by atomic mass is 32.2. The number of methoxy groups -OCH3 is 2. The Hall–Kier alpha value is -1.37. The van der Waals surface area contributed by atoms with Gasteiger partial charge in [-0.25, -0.2) is 4.79 Å². The maximum atomic E-state index is 12.8. The number of benzene rings is 1. The molecule has 0 fully saturated rings. The van der Waals surface area contributed by atoms with Gasteiger partial charge in [-0.2, -0.15) is 13.2 Å². The summed E-state index contributed by atoms with van der Waals surface area (Å²) in [5.74, 6) is -0.861. The van der Waals surface area contributed by atoms with Gasteiger partial charge in [-0.05, 0) is 18.4 Å². The Labute approximate surface area is 106 Å². The summed E-state index contributed by atoms with van der Waals surface area (Å²) in [7, 11) is 2.36. The number of halogens is 3. The van der Waals surface area contributed by atoms with Gasteiger partial charge in [0.1, 0.15) is 11.3 Å². The van der Waals surface area contributed by atoms with Gasteiger partial charge in [-0.3, -0.25) is 0 Å². The number of alkyl halides is 3. The van der Waals surface area contributed by atoms with Crippen LogP contribution in [0.4, 0.5) is 13.2 Å². The molecule has 1 aromatic rings. The minimum Gasteiger partial charge on any atom is -0.495 e. The summed E-state index contributed by atoms with van der Waals surface area (Å²) in [6.07, 6.45) is -3.02. The van der Waals surface area contributed by atoms with Crippen LogP contribution in [0.5, 0.6) is 5.75 Å². The van der Waals surface area contributed by atoms with Crippen molar-refractivity contribution in [2.24, 2.45) is 0 Å². The summed E-state index contributed by atoms with van der Waals surface area (Å²) in [5, 5.41) is 0. The van der Waals surface area contributed by atoms with Crippen LogP contribution in [0, 0.1) is 0 Å². The van der Waals surface area contributed by atoms with E-state index in [1.807, 2.05) is 0 Å². The van der Waals surface area contributed by atoms with Gasteiger partial charge in [0.15, 0.2) is 0 Å². The van der Waals surface area contributed by atoms with Crippen LogP contribution >= 0.6 is 11.8 Å². The normalized spacial score (nSPS) is 11.2. The third-order valence-electron chi connectivity index (χ3n) is 2.23. The van der Waals surface area contributed by atoms with Crippen LogP contribution in [0.2, 0.25) is 0 Å². The molecule has 0 aliphatic heterocycles. The summed E-state index contributed by atoms with van der Waals surface area (Å²) in [6.45, 7) is 0. The number of hydrogen-bond acceptors (Lipinski definition) is 4. The first kappa shape index (κ1) is 14.7. The molecule has 0 unspecified atom stereocenters. The van der Waals surface area contributed by atoms with Crippen molar-refractivity contribution >= 4 is 17.7 Å². The standard InChI is InChI=1S/C11H11F3O3S/c1-16-8-6(10(15)17-2)4-5-7(9(8)18-3)11(12,13)14/h4-5H,1-3H3. The molecule has 0 radical (unpaired) electrons. The van der Waals surface area contributed by atoms with Gasteiger partial charge in [0.25, 0.3) is 0 Å². The van der Waals surface area contributed by atoms with Crippen molar-refractivity contribution in [3.63, 3.8) is 0 Å². The number of carbonyl (C=O) groups excluding carboxylic acids is 1. The predicted octanol–water partition coefficient (Wildman–Crippen LogP) is 3.22. The fourth-order valence-electron chi connectivity index (χ4n) is 1.46. The van der Waals surface area contributed by atoms with Gasteiger partial charge in [0.05, 0.1) is 24.7 Å². The number of esters is 1. The van der Waals surface area contributed by atoms with Crippen LogP contribution < -0.4 is 4.74 Å². The lowest BCUT2D eigenvalue weighted by atomic mass is 10.1. The molecule has 100 valence electrons. The molecule has 7 heteroatoms. The Bertz CT molecular complexity index is 458. The van der Waals surface area contributed by atoms with E-state index in [0.717, 1.165) is 31.0 Å². The fourth-order valence-corrected chi connectivity index (χ4v) is 2.24. The van der Waals surface area contributed by atoms with Crippen molar-refractivity contribution in [3.05, 3.63) is 23.3 Å². The molecule has 0 N–H and O–H groups in total. The molecule has 0 amide bonds. The van der Waals surface area contributed by atoms with Gasteiger partial charge < -0.3 is 9.47 Å². The summed E-state index contributed by atoms with van der Waals surface area (Å²) in [4.78, 5) is 11.3. The van der Waals surface area contributed by atoms with Gasteiger partial charge in [-0.1, -0.05) is 0 Å². The first-order valence-electron chi connectivity index (χ1n) is 4.77. The molecule has 1 rings (SSSR count). The zero-order chi connectivity index (χ0) is 13.9. The molecule has 0 aromatic heterocycles. The van der Waals surface area contributed by atoms with Crippen molar-refractivity contribution in [1.29, 1.82) is 0 Å². The van der Waals surface area contributed by atoms with Crippen molar-refractivity contribution in [3.8, 4) is 5.75 Å². The highest BCUT2D eigenvalue weighted by Gasteiger charge is 2.36. The Kier molecular flexibility index (Phi) is 4.50. The largest absolute Gasteiger partial charge is 0.495 e. The van der Waals surface area contributed by atoms with E-state index >= 15 is 0 Å². The molecule has 0 saturated carbocycles. The monoisotopic (exact) mass is 280 g/mol. The van der Waals surface area contributed by atoms with Crippen LogP contribution in [0.15, 0.2) is 17.0 Å². The molecule has 0 bridgehead atoms. The zero-order valence-electron chi connectivity index (χ0n) is 9.92. The van der Waals surface area contributed by atoms with Gasteiger partial charge in [0, 0.05) is 0 Å². The molecule has 0 atom stereocenters. The summed E-state index contributed by atoms with van der Waals surface area (Å²) in [6, 6.07) is 1.90. The van der Waals surface area contributed by atoms with Gasteiger partial charge >= 0.3 is 12.1 Å². The first-order valence-corrected chi connectivity index (χ1v) is 5.99. The van der Waals surface area contributed by atoms with E-state index in [-0.39, 0.29) is 16.2 Å². The predicted molar refractivity (Wildman–Crippen MR) is 61.1 cm³/mol. The summed E-state index contributed by atoms with van der Waals surface area (Å²) in [5.41, 5.74) is -0.864. The van der Waals surface area contributed by atoms with E-state index in [1.54, 1.807) is 0 Å². The van der Waals surface area contributed by atoms with E-state index in [4.69, 9.17) is 4.74 Å². The van der Waals surface area contributed by atoms with Crippen LogP contribution in [-0.2, 0) is 10.9 Å². The molecule has 1 aromatic carbocycles. The molecule has 0 aliphatic carbocycles. The highest BCUT2D eigenvalue weighted by molar-refractivity contribution is 7.98. The summed E-state index contributed by atoms with van der Waals surface area (Å²) >= 11 is 0.863. The van der Waals surface area contributed by atoms with E-state index in [1.165, 1.54) is 13.4 Å². The molecular formula is C11H11F3O3S. The maximum Gasteiger partial charge on any atom is 0.417 e. The lowest BCUT2D eigenvalue weighted by molar-refractivity contribution is -0.139. The van der Waals surface area contributed by atoms with Crippen LogP contribution in [0.1, 0.15) is 15.9 Å². The topological polar surface area (TPSA) is 35.5 Å². The van der Waals surface area contributed by atoms with Crippen molar-refractivity contribution < 1.29 is 27.4 Å². The van der Waals surface area contributed by atoms with Crippen LogP contribution in [0.25, 0.3) is 0 Å². The second kappa shape index (κ2) is 5.51. The fraction of sp³-hybridized carbons (Fsp3) is 0.364. The highest BCUT2D eigenvalue weighted by Crippen LogP contribution is 2.42. The van der Waals surface area contributed by atoms with E-state index in [9.17, 15) is 18.0 Å². The molecule has 3 nitrogen and oxygen atoms in total. The number of carbonyl (C=O) groups is 1. The number of rotatable bonds is 3. The summed E-state index contributed by atoms with van der Waals surface area (Å²) < 4.78 is 47.7. The van der Waals surface area contributed by atoms with E-state index < -0.39 is 17.7 Å². The third-order valence-corrected chi connectivity index (χ3v) is 3.04. The zero-order valence-corrected chi connectivity index (χ0v) is 10.7. The molecule has 0 aliphatic rings. The quantitative estimate of drug-likeness (QED) is 0.629. The molecule has 18 heavy (non-hydrogen) atoms. The van der Waals surface area contributed by atoms with Crippen molar-refractivity contribution in [1.82, 2.24) is 0 Å². The first-order chi connectivity index (χ1) is 8.36. The van der Waals surface area contributed by atoms with E-state index in [2.05, 4.69) is 4.74 Å². The lowest BCUT2D eigenvalue weighted by Gasteiger charge is -2.16. The van der Waals surface area contributed by atoms with E-state index in [0.29, 0.717) is 0 Å². The minimum atomic E-state index is -4.50. The number of thioether (sulfide) groups is 1. The average Bonchev–Trinajstić information content (AvgIpc) is 2.34. The Morgan fingerprint density at radius 2 is 1.89 bits per heavy atom.